The Labute approximate surface area is 131 Å². The maximum Gasteiger partial charge on any atom is 0.309 e. The minimum Gasteiger partial charge on any atom is -0.469 e. The van der Waals surface area contributed by atoms with Gasteiger partial charge < -0.3 is 16.1 Å². The van der Waals surface area contributed by atoms with Crippen LogP contribution < -0.4 is 0 Å². The molecule has 0 spiro atoms. The normalized spacial score (nSPS) is 10.8. The fraction of sp³-hybridized carbons (Fsp3) is 0.500. The third-order valence-corrected chi connectivity index (χ3v) is 3.39. The summed E-state index contributed by atoms with van der Waals surface area (Å²) in [6.07, 6.45) is 0. The molecule has 0 saturated heterocycles. The Bertz CT molecular complexity index is 270. The number of aromatic nitrogens is 2. The Hall–Kier alpha value is 0.588. The quantitative estimate of drug-likeness (QED) is 0.451. The summed E-state index contributed by atoms with van der Waals surface area (Å²) in [5.41, 5.74) is 2.64. The van der Waals surface area contributed by atoms with Gasteiger partial charge in [-0.05, 0) is 5.75 Å². The smallest absolute Gasteiger partial charge is 0.309 e. The van der Waals surface area contributed by atoms with Crippen LogP contribution in [0.1, 0.15) is 6.92 Å². The van der Waals surface area contributed by atoms with Crippen LogP contribution in [-0.2, 0) is 9.53 Å². The molecule has 0 aliphatic heterocycles. The van der Waals surface area contributed by atoms with Crippen molar-refractivity contribution in [2.75, 3.05) is 12.9 Å². The molecule has 0 radical (unpaired) electrons. The van der Waals surface area contributed by atoms with Gasteiger partial charge in [-0.2, -0.15) is 11.8 Å². The first-order valence-corrected chi connectivity index (χ1v) is 5.44. The Morgan fingerprint density at radius 1 is 1.73 bits per heavy atom. The molecule has 1 heterocycles. The topological polar surface area (TPSA) is 52.1 Å². The van der Waals surface area contributed by atoms with Crippen molar-refractivity contribution in [1.82, 2.24) is 10.2 Å². The number of hydrogen-bond acceptors (Lipinski definition) is 6. The minimum absolute atomic E-state index is 0. The van der Waals surface area contributed by atoms with Crippen molar-refractivity contribution in [3.05, 3.63) is 12.9 Å². The molecule has 1 aromatic rings. The summed E-state index contributed by atoms with van der Waals surface area (Å²) >= 11 is 2.84. The van der Waals surface area contributed by atoms with Crippen LogP contribution in [0, 0.1) is 59.2 Å². The molecule has 0 aliphatic carbocycles. The van der Waals surface area contributed by atoms with E-state index < -0.39 is 0 Å². The van der Waals surface area contributed by atoms with Crippen LogP contribution >= 0.6 is 23.1 Å². The molecule has 1 rings (SSSR count). The summed E-state index contributed by atoms with van der Waals surface area (Å²) in [6.45, 7) is 1.82. The minimum atomic E-state index is -0.194. The van der Waals surface area contributed by atoms with E-state index in [4.69, 9.17) is 0 Å². The standard InChI is InChI=1S/C7H9N2O2S2.CH3.Sm/c1-5(6(10)11-2)3-12-7-9-8-4-13-7;;/h5H,3H2,1-2H3;1H3;/q-1;+1;. The molecule has 7 heteroatoms. The number of hydrogen-bond donors (Lipinski definition) is 0. The van der Waals surface area contributed by atoms with Crippen molar-refractivity contribution in [3.8, 4) is 0 Å². The number of nitrogens with zero attached hydrogens (tertiary/aromatic N) is 2. The maximum atomic E-state index is 11.0. The number of thioether (sulfide) groups is 1. The van der Waals surface area contributed by atoms with Gasteiger partial charge in [-0.25, -0.2) is 0 Å². The number of ether oxygens (including phenoxy) is 1. The molecular formula is C8H12N2O2S2Sm. The van der Waals surface area contributed by atoms with Crippen LogP contribution in [0.15, 0.2) is 4.34 Å². The summed E-state index contributed by atoms with van der Waals surface area (Å²) in [5.74, 6) is 0.357. The molecular weight excluding hydrogens is 371 g/mol. The molecule has 0 bridgehead atoms. The summed E-state index contributed by atoms with van der Waals surface area (Å²) in [7, 11) is 1.39. The zero-order valence-electron chi connectivity index (χ0n) is 8.72. The molecule has 1 atom stereocenters. The Morgan fingerprint density at radius 3 is 2.87 bits per heavy atom. The van der Waals surface area contributed by atoms with Crippen molar-refractivity contribution in [2.45, 2.75) is 11.3 Å². The largest absolute Gasteiger partial charge is 0.469 e. The SMILES string of the molecule is COC(=O)C(C)CSc1nn[c-]s1.[CH3+].[Sm]. The molecule has 1 aromatic heterocycles. The predicted octanol–water partition coefficient (Wildman–Crippen LogP) is 1.69. The fourth-order valence-corrected chi connectivity index (χ4v) is 2.09. The van der Waals surface area contributed by atoms with Crippen LogP contribution in [0.25, 0.3) is 0 Å². The van der Waals surface area contributed by atoms with Crippen molar-refractivity contribution in [3.63, 3.8) is 0 Å². The monoisotopic (exact) mass is 384 g/mol. The van der Waals surface area contributed by atoms with Gasteiger partial charge >= 0.3 is 5.97 Å². The van der Waals surface area contributed by atoms with Gasteiger partial charge in [-0.15, -0.1) is 0 Å². The Balaban J connectivity index is 0. The van der Waals surface area contributed by atoms with E-state index in [1.807, 2.05) is 6.92 Å². The van der Waals surface area contributed by atoms with Crippen molar-refractivity contribution in [2.24, 2.45) is 5.92 Å². The predicted molar refractivity (Wildman–Crippen MR) is 57.1 cm³/mol. The number of carbonyl (C=O) groups is 1. The van der Waals surface area contributed by atoms with E-state index in [2.05, 4.69) is 20.4 Å². The molecule has 4 nitrogen and oxygen atoms in total. The number of methoxy groups -OCH3 is 1. The first-order chi connectivity index (χ1) is 6.24. The van der Waals surface area contributed by atoms with E-state index in [-0.39, 0.29) is 59.7 Å². The van der Waals surface area contributed by atoms with Crippen LogP contribution in [0.4, 0.5) is 0 Å². The van der Waals surface area contributed by atoms with Crippen LogP contribution in [0.2, 0.25) is 0 Å². The summed E-state index contributed by atoms with van der Waals surface area (Å²) in [4.78, 5) is 11.0. The average molecular weight is 383 g/mol. The van der Waals surface area contributed by atoms with Gasteiger partial charge in [-0.3, -0.25) is 15.0 Å². The molecule has 0 fully saturated rings. The van der Waals surface area contributed by atoms with Crippen molar-refractivity contribution in [1.29, 1.82) is 0 Å². The second-order valence-electron chi connectivity index (χ2n) is 2.39. The van der Waals surface area contributed by atoms with Crippen molar-refractivity contribution < 1.29 is 49.9 Å². The van der Waals surface area contributed by atoms with Crippen molar-refractivity contribution >= 4 is 29.1 Å². The number of carbonyl (C=O) groups excluding carboxylic acids is 1. The van der Waals surface area contributed by atoms with Crippen LogP contribution in [0.5, 0.6) is 0 Å². The second kappa shape index (κ2) is 9.79. The van der Waals surface area contributed by atoms with E-state index >= 15 is 0 Å². The molecule has 0 saturated carbocycles. The van der Waals surface area contributed by atoms with E-state index in [0.29, 0.717) is 5.75 Å². The molecule has 0 aromatic carbocycles. The molecule has 15 heavy (non-hydrogen) atoms. The van der Waals surface area contributed by atoms with Gasteiger partial charge in [0.1, 0.15) is 0 Å². The molecule has 0 N–H and O–H groups in total. The van der Waals surface area contributed by atoms with Gasteiger partial charge in [0.25, 0.3) is 0 Å². The maximum absolute atomic E-state index is 11.0. The molecule has 0 amide bonds. The van der Waals surface area contributed by atoms with E-state index in [1.165, 1.54) is 30.2 Å². The molecule has 0 aliphatic rings. The third kappa shape index (κ3) is 6.69. The van der Waals surface area contributed by atoms with Gasteiger partial charge in [0.2, 0.25) is 0 Å². The van der Waals surface area contributed by atoms with E-state index in [9.17, 15) is 4.79 Å². The number of esters is 1. The summed E-state index contributed by atoms with van der Waals surface area (Å²) in [6, 6.07) is 0. The van der Waals surface area contributed by atoms with Gasteiger partial charge in [0, 0.05) is 52.2 Å². The fourth-order valence-electron chi connectivity index (χ4n) is 0.665. The van der Waals surface area contributed by atoms with Crippen LogP contribution in [-0.4, -0.2) is 29.0 Å². The summed E-state index contributed by atoms with van der Waals surface area (Å²) in [5, 5.41) is 7.37. The van der Waals surface area contributed by atoms with Gasteiger partial charge in [0.15, 0.2) is 0 Å². The Morgan fingerprint density at radius 2 is 2.40 bits per heavy atom. The van der Waals surface area contributed by atoms with E-state index in [0.717, 1.165) is 4.34 Å². The van der Waals surface area contributed by atoms with Crippen LogP contribution in [0.3, 0.4) is 0 Å². The van der Waals surface area contributed by atoms with Gasteiger partial charge in [0.05, 0.1) is 13.0 Å². The molecule has 84 valence electrons. The number of rotatable bonds is 4. The average Bonchev–Trinajstić information content (AvgIpc) is 2.65. The first kappa shape index (κ1) is 18.0. The third-order valence-electron chi connectivity index (χ3n) is 1.37. The zero-order valence-corrected chi connectivity index (χ0v) is 13.0. The van der Waals surface area contributed by atoms with Gasteiger partial charge in [-0.1, -0.05) is 12.4 Å². The Kier molecular flexibility index (Phi) is 11.7. The van der Waals surface area contributed by atoms with E-state index in [1.54, 1.807) is 0 Å². The second-order valence-corrected chi connectivity index (χ2v) is 4.43. The summed E-state index contributed by atoms with van der Waals surface area (Å²) < 4.78 is 5.42. The zero-order chi connectivity index (χ0) is 9.68. The molecule has 1 unspecified atom stereocenters. The first-order valence-electron chi connectivity index (χ1n) is 3.64.